The molecule has 0 radical (unpaired) electrons. The number of carbonyl (C=O) groups excluding carboxylic acids is 1. The molecule has 1 heterocycles. The van der Waals surface area contributed by atoms with Crippen LogP contribution in [-0.2, 0) is 4.79 Å². The first-order chi connectivity index (χ1) is 9.19. The molecule has 0 spiro atoms. The van der Waals surface area contributed by atoms with E-state index in [1.54, 1.807) is 11.3 Å². The molecule has 19 heavy (non-hydrogen) atoms. The van der Waals surface area contributed by atoms with E-state index in [1.807, 2.05) is 13.1 Å². The topological polar surface area (TPSA) is 42.0 Å². The Morgan fingerprint density at radius 2 is 2.16 bits per heavy atom. The van der Waals surface area contributed by atoms with Gasteiger partial charge in [-0.15, -0.1) is 11.3 Å². The fourth-order valence-corrected chi connectivity index (χ4v) is 3.49. The average Bonchev–Trinajstić information content (AvgIpc) is 2.82. The number of nitrogens with one attached hydrogen (secondary N) is 1. The minimum Gasteiger partial charge on any atom is -0.302 e. The Morgan fingerprint density at radius 3 is 2.74 bits per heavy atom. The van der Waals surface area contributed by atoms with Crippen LogP contribution in [0.25, 0.3) is 0 Å². The predicted octanol–water partition coefficient (Wildman–Crippen LogP) is 4.39. The van der Waals surface area contributed by atoms with Gasteiger partial charge in [-0.1, -0.05) is 26.2 Å². The van der Waals surface area contributed by atoms with Gasteiger partial charge >= 0.3 is 0 Å². The summed E-state index contributed by atoms with van der Waals surface area (Å²) < 4.78 is 0. The summed E-state index contributed by atoms with van der Waals surface area (Å²) in [7, 11) is 0. The van der Waals surface area contributed by atoms with E-state index < -0.39 is 0 Å². The maximum Gasteiger partial charge on any atom is 0.229 e. The van der Waals surface area contributed by atoms with E-state index in [-0.39, 0.29) is 11.8 Å². The second-order valence-corrected chi connectivity index (χ2v) is 6.86. The lowest BCUT2D eigenvalue weighted by Crippen LogP contribution is -2.27. The Bertz CT molecular complexity index is 408. The highest BCUT2D eigenvalue weighted by atomic mass is 32.1. The fourth-order valence-electron chi connectivity index (χ4n) is 2.83. The van der Waals surface area contributed by atoms with Gasteiger partial charge in [-0.2, -0.15) is 0 Å². The molecule has 1 amide bonds. The van der Waals surface area contributed by atoms with Crippen molar-refractivity contribution in [2.45, 2.75) is 58.8 Å². The largest absolute Gasteiger partial charge is 0.302 e. The van der Waals surface area contributed by atoms with E-state index in [0.29, 0.717) is 0 Å². The molecule has 106 valence electrons. The number of amides is 1. The third kappa shape index (κ3) is 4.30. The summed E-state index contributed by atoms with van der Waals surface area (Å²) in [6.07, 6.45) is 10.3. The van der Waals surface area contributed by atoms with Crippen LogP contribution in [0.2, 0.25) is 0 Å². The van der Waals surface area contributed by atoms with E-state index in [2.05, 4.69) is 17.2 Å². The van der Waals surface area contributed by atoms with Gasteiger partial charge in [0.25, 0.3) is 0 Å². The lowest BCUT2D eigenvalue weighted by molar-refractivity contribution is -0.121. The summed E-state index contributed by atoms with van der Waals surface area (Å²) in [6.45, 7) is 4.25. The molecule has 4 heteroatoms. The number of carbonyl (C=O) groups is 1. The highest BCUT2D eigenvalue weighted by Gasteiger charge is 2.26. The molecule has 1 fully saturated rings. The van der Waals surface area contributed by atoms with Crippen LogP contribution in [-0.4, -0.2) is 10.9 Å². The van der Waals surface area contributed by atoms with Crippen LogP contribution in [0.4, 0.5) is 5.13 Å². The minimum atomic E-state index is 0.170. The number of hydrogen-bond acceptors (Lipinski definition) is 3. The molecule has 1 aliphatic carbocycles. The van der Waals surface area contributed by atoms with Crippen molar-refractivity contribution < 1.29 is 4.79 Å². The van der Waals surface area contributed by atoms with Crippen LogP contribution < -0.4 is 5.32 Å². The van der Waals surface area contributed by atoms with Crippen molar-refractivity contribution in [3.05, 3.63) is 11.1 Å². The summed E-state index contributed by atoms with van der Waals surface area (Å²) in [5, 5.41) is 3.70. The van der Waals surface area contributed by atoms with Crippen LogP contribution in [0.1, 0.15) is 56.7 Å². The number of aryl methyl sites for hydroxylation is 1. The van der Waals surface area contributed by atoms with E-state index in [9.17, 15) is 4.79 Å². The van der Waals surface area contributed by atoms with E-state index in [4.69, 9.17) is 0 Å². The Kier molecular flexibility index (Phi) is 5.37. The van der Waals surface area contributed by atoms with Crippen molar-refractivity contribution in [3.63, 3.8) is 0 Å². The number of rotatable bonds is 5. The van der Waals surface area contributed by atoms with Crippen molar-refractivity contribution in [2.24, 2.45) is 11.8 Å². The number of thiazole rings is 1. The average molecular weight is 280 g/mol. The van der Waals surface area contributed by atoms with E-state index >= 15 is 0 Å². The van der Waals surface area contributed by atoms with Gasteiger partial charge in [0.15, 0.2) is 5.13 Å². The van der Waals surface area contributed by atoms with Gasteiger partial charge in [0.2, 0.25) is 5.91 Å². The molecule has 0 atom stereocenters. The first-order valence-corrected chi connectivity index (χ1v) is 8.24. The van der Waals surface area contributed by atoms with Gasteiger partial charge in [0.05, 0.1) is 0 Å². The van der Waals surface area contributed by atoms with Gasteiger partial charge in [-0.3, -0.25) is 4.79 Å². The minimum absolute atomic E-state index is 0.170. The Hall–Kier alpha value is -0.900. The lowest BCUT2D eigenvalue weighted by Gasteiger charge is -2.27. The van der Waals surface area contributed by atoms with Crippen molar-refractivity contribution >= 4 is 22.4 Å². The number of unbranched alkanes of at least 4 members (excludes halogenated alkanes) is 1. The second-order valence-electron chi connectivity index (χ2n) is 5.63. The predicted molar refractivity (Wildman–Crippen MR) is 80.5 cm³/mol. The standard InChI is InChI=1S/C15H24N2OS/c1-3-4-5-12-6-8-13(9-7-12)14(18)17-15-16-10-11(2)19-15/h10,12-13H,3-9H2,1-2H3,(H,16,17,18). The normalized spacial score (nSPS) is 23.3. The van der Waals surface area contributed by atoms with E-state index in [1.165, 1.54) is 32.1 Å². The quantitative estimate of drug-likeness (QED) is 0.869. The summed E-state index contributed by atoms with van der Waals surface area (Å²) in [6, 6.07) is 0. The number of aromatic nitrogens is 1. The molecule has 0 aromatic carbocycles. The van der Waals surface area contributed by atoms with Crippen LogP contribution in [0, 0.1) is 18.8 Å². The molecule has 1 aliphatic rings. The highest BCUT2D eigenvalue weighted by molar-refractivity contribution is 7.15. The van der Waals surface area contributed by atoms with Crippen molar-refractivity contribution in [2.75, 3.05) is 5.32 Å². The summed E-state index contributed by atoms with van der Waals surface area (Å²) >= 11 is 1.55. The van der Waals surface area contributed by atoms with Gasteiger partial charge in [0.1, 0.15) is 0 Å². The first kappa shape index (κ1) is 14.5. The van der Waals surface area contributed by atoms with Crippen LogP contribution in [0.15, 0.2) is 6.20 Å². The molecule has 2 rings (SSSR count). The molecule has 1 N–H and O–H groups in total. The zero-order valence-corrected chi connectivity index (χ0v) is 12.8. The molecule has 0 bridgehead atoms. The first-order valence-electron chi connectivity index (χ1n) is 7.42. The fraction of sp³-hybridized carbons (Fsp3) is 0.733. The van der Waals surface area contributed by atoms with Crippen molar-refractivity contribution in [1.29, 1.82) is 0 Å². The number of nitrogens with zero attached hydrogens (tertiary/aromatic N) is 1. The van der Waals surface area contributed by atoms with Crippen LogP contribution in [0.5, 0.6) is 0 Å². The van der Waals surface area contributed by atoms with Crippen LogP contribution in [0.3, 0.4) is 0 Å². The number of anilines is 1. The maximum absolute atomic E-state index is 12.2. The molecule has 1 aromatic rings. The number of hydrogen-bond donors (Lipinski definition) is 1. The van der Waals surface area contributed by atoms with Gasteiger partial charge in [-0.05, 0) is 38.5 Å². The Morgan fingerprint density at radius 1 is 1.42 bits per heavy atom. The van der Waals surface area contributed by atoms with Gasteiger partial charge < -0.3 is 5.32 Å². The molecule has 1 saturated carbocycles. The zero-order valence-electron chi connectivity index (χ0n) is 11.9. The molecule has 0 saturated heterocycles. The van der Waals surface area contributed by atoms with E-state index in [0.717, 1.165) is 28.8 Å². The molecule has 1 aromatic heterocycles. The van der Waals surface area contributed by atoms with Crippen molar-refractivity contribution in [1.82, 2.24) is 4.98 Å². The summed E-state index contributed by atoms with van der Waals surface area (Å²) in [5.74, 6) is 1.22. The molecule has 0 aliphatic heterocycles. The highest BCUT2D eigenvalue weighted by Crippen LogP contribution is 2.32. The smallest absolute Gasteiger partial charge is 0.229 e. The molecular weight excluding hydrogens is 256 g/mol. The monoisotopic (exact) mass is 280 g/mol. The summed E-state index contributed by atoms with van der Waals surface area (Å²) in [5.41, 5.74) is 0. The zero-order chi connectivity index (χ0) is 13.7. The Labute approximate surface area is 119 Å². The Balaban J connectivity index is 1.76. The lowest BCUT2D eigenvalue weighted by atomic mass is 9.79. The third-order valence-electron chi connectivity index (χ3n) is 4.03. The summed E-state index contributed by atoms with van der Waals surface area (Å²) in [4.78, 5) is 17.5. The molecule has 3 nitrogen and oxygen atoms in total. The molecular formula is C15H24N2OS. The van der Waals surface area contributed by atoms with Crippen LogP contribution >= 0.6 is 11.3 Å². The molecule has 0 unspecified atom stereocenters. The third-order valence-corrected chi connectivity index (χ3v) is 4.86. The van der Waals surface area contributed by atoms with Gasteiger partial charge in [0, 0.05) is 17.0 Å². The maximum atomic E-state index is 12.2. The second kappa shape index (κ2) is 7.04. The van der Waals surface area contributed by atoms with Crippen molar-refractivity contribution in [3.8, 4) is 0 Å². The van der Waals surface area contributed by atoms with Gasteiger partial charge in [-0.25, -0.2) is 4.98 Å². The SMILES string of the molecule is CCCCC1CCC(C(=O)Nc2ncc(C)s2)CC1.